The van der Waals surface area contributed by atoms with Crippen LogP contribution in [0.4, 0.5) is 14.5 Å². The second kappa shape index (κ2) is 3.80. The van der Waals surface area contributed by atoms with Crippen LogP contribution in [0.5, 0.6) is 0 Å². The average molecular weight is 170 g/mol. The average Bonchev–Trinajstić information content (AvgIpc) is 2.08. The van der Waals surface area contributed by atoms with Crippen LogP contribution in [0.2, 0.25) is 0 Å². The minimum atomic E-state index is -0.914. The molecule has 1 N–H and O–H groups in total. The Hall–Kier alpha value is -1.45. The van der Waals surface area contributed by atoms with E-state index in [1.807, 2.05) is 0 Å². The van der Waals surface area contributed by atoms with E-state index in [9.17, 15) is 8.78 Å². The molecule has 1 aromatic carbocycles. The Labute approximate surface area is 68.9 Å². The van der Waals surface area contributed by atoms with E-state index in [2.05, 4.69) is 10.5 Å². The number of halogens is 2. The molecule has 0 atom stereocenters. The molecular weight excluding hydrogens is 162 g/mol. The zero-order valence-corrected chi connectivity index (χ0v) is 6.51. The van der Waals surface area contributed by atoms with Crippen molar-refractivity contribution in [2.75, 3.05) is 5.43 Å². The van der Waals surface area contributed by atoms with E-state index in [4.69, 9.17) is 0 Å². The highest BCUT2D eigenvalue weighted by atomic mass is 19.2. The van der Waals surface area contributed by atoms with Crippen LogP contribution >= 0.6 is 0 Å². The molecule has 0 aliphatic rings. The Morgan fingerprint density at radius 2 is 2.17 bits per heavy atom. The van der Waals surface area contributed by atoms with Gasteiger partial charge in [0.25, 0.3) is 0 Å². The Balaban J connectivity index is 2.92. The first kappa shape index (κ1) is 8.64. The molecular formula is C8H8F2N2. The lowest BCUT2D eigenvalue weighted by Gasteiger charge is -2.00. The Morgan fingerprint density at radius 1 is 1.42 bits per heavy atom. The van der Waals surface area contributed by atoms with Crippen molar-refractivity contribution < 1.29 is 8.78 Å². The van der Waals surface area contributed by atoms with E-state index in [-0.39, 0.29) is 5.69 Å². The molecule has 12 heavy (non-hydrogen) atoms. The molecule has 4 heteroatoms. The highest BCUT2D eigenvalue weighted by molar-refractivity contribution is 5.56. The largest absolute Gasteiger partial charge is 0.276 e. The minimum absolute atomic E-state index is 0.0353. The van der Waals surface area contributed by atoms with Crippen LogP contribution in [0, 0.1) is 11.6 Å². The molecule has 2 nitrogen and oxygen atoms in total. The zero-order chi connectivity index (χ0) is 8.97. The summed E-state index contributed by atoms with van der Waals surface area (Å²) in [4.78, 5) is 0. The van der Waals surface area contributed by atoms with E-state index in [1.54, 1.807) is 6.92 Å². The summed E-state index contributed by atoms with van der Waals surface area (Å²) in [6, 6.07) is 3.87. The third-order valence-corrected chi connectivity index (χ3v) is 1.27. The minimum Gasteiger partial charge on any atom is -0.276 e. The first-order chi connectivity index (χ1) is 5.75. The molecule has 0 bridgehead atoms. The summed E-state index contributed by atoms with van der Waals surface area (Å²) in [5.41, 5.74) is 2.39. The normalized spacial score (nSPS) is 10.6. The third kappa shape index (κ3) is 1.78. The predicted octanol–water partition coefficient (Wildman–Crippen LogP) is 2.38. The number of anilines is 1. The molecule has 0 radical (unpaired) electrons. The van der Waals surface area contributed by atoms with Crippen LogP contribution in [0.1, 0.15) is 6.92 Å². The molecule has 0 aliphatic heterocycles. The van der Waals surface area contributed by atoms with E-state index in [0.29, 0.717) is 0 Å². The predicted molar refractivity (Wildman–Crippen MR) is 44.1 cm³/mol. The maximum absolute atomic E-state index is 12.8. The lowest BCUT2D eigenvalue weighted by Crippen LogP contribution is -1.94. The van der Waals surface area contributed by atoms with E-state index in [0.717, 1.165) is 6.07 Å². The van der Waals surface area contributed by atoms with Gasteiger partial charge in [0.15, 0.2) is 11.6 Å². The van der Waals surface area contributed by atoms with Gasteiger partial charge in [-0.2, -0.15) is 5.10 Å². The highest BCUT2D eigenvalue weighted by Gasteiger charge is 2.05. The van der Waals surface area contributed by atoms with Crippen LogP contribution in [-0.4, -0.2) is 6.21 Å². The first-order valence-electron chi connectivity index (χ1n) is 3.43. The van der Waals surface area contributed by atoms with Crippen LogP contribution in [0.15, 0.2) is 23.3 Å². The van der Waals surface area contributed by atoms with Crippen LogP contribution in [-0.2, 0) is 0 Å². The molecule has 0 spiro atoms. The molecule has 0 aromatic heterocycles. The van der Waals surface area contributed by atoms with Crippen molar-refractivity contribution in [2.24, 2.45) is 5.10 Å². The number of nitrogens with zero attached hydrogens (tertiary/aromatic N) is 1. The fourth-order valence-electron chi connectivity index (χ4n) is 0.724. The van der Waals surface area contributed by atoms with Gasteiger partial charge in [0, 0.05) is 6.21 Å². The summed E-state index contributed by atoms with van der Waals surface area (Å²) < 4.78 is 25.4. The van der Waals surface area contributed by atoms with Crippen molar-refractivity contribution in [3.05, 3.63) is 29.8 Å². The highest BCUT2D eigenvalue weighted by Crippen LogP contribution is 2.15. The van der Waals surface area contributed by atoms with E-state index < -0.39 is 11.6 Å². The molecule has 1 aromatic rings. The van der Waals surface area contributed by atoms with Gasteiger partial charge in [-0.25, -0.2) is 8.78 Å². The number of nitrogens with one attached hydrogen (secondary N) is 1. The standard InChI is InChI=1S/C8H8F2N2/c1-2-11-12-7-5-3-4-6(9)8(7)10/h2-5,12H,1H3. The van der Waals surface area contributed by atoms with Crippen LogP contribution in [0.25, 0.3) is 0 Å². The molecule has 0 saturated heterocycles. The second-order valence-electron chi connectivity index (χ2n) is 2.10. The Morgan fingerprint density at radius 3 is 2.83 bits per heavy atom. The lowest BCUT2D eigenvalue weighted by atomic mass is 10.3. The van der Waals surface area contributed by atoms with Crippen LogP contribution in [0.3, 0.4) is 0 Å². The lowest BCUT2D eigenvalue weighted by molar-refractivity contribution is 0.511. The monoisotopic (exact) mass is 170 g/mol. The van der Waals surface area contributed by atoms with Crippen molar-refractivity contribution in [1.29, 1.82) is 0 Å². The number of hydrogen-bond acceptors (Lipinski definition) is 2. The SMILES string of the molecule is CC=NNc1cccc(F)c1F. The van der Waals surface area contributed by atoms with Gasteiger partial charge < -0.3 is 0 Å². The second-order valence-corrected chi connectivity index (χ2v) is 2.10. The molecule has 0 amide bonds. The van der Waals surface area contributed by atoms with E-state index >= 15 is 0 Å². The van der Waals surface area contributed by atoms with Gasteiger partial charge in [-0.1, -0.05) is 6.07 Å². The first-order valence-corrected chi connectivity index (χ1v) is 3.43. The van der Waals surface area contributed by atoms with Gasteiger partial charge in [0.2, 0.25) is 0 Å². The van der Waals surface area contributed by atoms with E-state index in [1.165, 1.54) is 18.3 Å². The summed E-state index contributed by atoms with van der Waals surface area (Å²) in [7, 11) is 0. The molecule has 0 fully saturated rings. The fraction of sp³-hybridized carbons (Fsp3) is 0.125. The summed E-state index contributed by atoms with van der Waals surface area (Å²) in [6.07, 6.45) is 1.45. The van der Waals surface area contributed by atoms with Gasteiger partial charge >= 0.3 is 0 Å². The number of hydrazone groups is 1. The number of rotatable bonds is 2. The third-order valence-electron chi connectivity index (χ3n) is 1.27. The molecule has 64 valence electrons. The summed E-state index contributed by atoms with van der Waals surface area (Å²) in [5.74, 6) is -1.80. The molecule has 0 heterocycles. The Kier molecular flexibility index (Phi) is 2.74. The van der Waals surface area contributed by atoms with Crippen molar-refractivity contribution >= 4 is 11.9 Å². The van der Waals surface area contributed by atoms with Crippen molar-refractivity contribution in [3.8, 4) is 0 Å². The quantitative estimate of drug-likeness (QED) is 0.534. The topological polar surface area (TPSA) is 24.4 Å². The number of hydrogen-bond donors (Lipinski definition) is 1. The van der Waals surface area contributed by atoms with Crippen molar-refractivity contribution in [2.45, 2.75) is 6.92 Å². The summed E-state index contributed by atoms with van der Waals surface area (Å²) in [6.45, 7) is 1.67. The summed E-state index contributed by atoms with van der Waals surface area (Å²) in [5, 5.41) is 3.56. The van der Waals surface area contributed by atoms with Crippen molar-refractivity contribution in [1.82, 2.24) is 0 Å². The fourth-order valence-corrected chi connectivity index (χ4v) is 0.724. The van der Waals surface area contributed by atoms with Gasteiger partial charge in [-0.3, -0.25) is 5.43 Å². The molecule has 0 saturated carbocycles. The number of benzene rings is 1. The molecule has 0 aliphatic carbocycles. The Bertz CT molecular complexity index is 297. The van der Waals surface area contributed by atoms with Gasteiger partial charge in [-0.15, -0.1) is 0 Å². The van der Waals surface area contributed by atoms with Crippen LogP contribution < -0.4 is 5.43 Å². The zero-order valence-electron chi connectivity index (χ0n) is 6.51. The smallest absolute Gasteiger partial charge is 0.183 e. The van der Waals surface area contributed by atoms with Crippen molar-refractivity contribution in [3.63, 3.8) is 0 Å². The molecule has 1 rings (SSSR count). The maximum atomic E-state index is 12.8. The summed E-state index contributed by atoms with van der Waals surface area (Å²) >= 11 is 0. The molecule has 0 unspecified atom stereocenters. The van der Waals surface area contributed by atoms with Gasteiger partial charge in [0.1, 0.15) is 0 Å². The van der Waals surface area contributed by atoms with Gasteiger partial charge in [-0.05, 0) is 19.1 Å². The maximum Gasteiger partial charge on any atom is 0.183 e. The van der Waals surface area contributed by atoms with Gasteiger partial charge in [0.05, 0.1) is 5.69 Å².